The van der Waals surface area contributed by atoms with Crippen LogP contribution >= 0.6 is 0 Å². The molecule has 1 amide bonds. The van der Waals surface area contributed by atoms with E-state index in [1.54, 1.807) is 17.1 Å². The van der Waals surface area contributed by atoms with Gasteiger partial charge in [0.1, 0.15) is 5.82 Å². The topological polar surface area (TPSA) is 63.1 Å². The van der Waals surface area contributed by atoms with Crippen molar-refractivity contribution in [1.29, 1.82) is 0 Å². The fourth-order valence-electron chi connectivity index (χ4n) is 3.46. The number of rotatable bonds is 5. The molecule has 0 unspecified atom stereocenters. The molecule has 0 spiro atoms. The number of nitrogens with zero attached hydrogens (tertiary/aromatic N) is 4. The Morgan fingerprint density at radius 2 is 2.04 bits per heavy atom. The average Bonchev–Trinajstić information content (AvgIpc) is 3.21. The van der Waals surface area contributed by atoms with E-state index in [4.69, 9.17) is 0 Å². The first-order valence-corrected chi connectivity index (χ1v) is 9.31. The Balaban J connectivity index is 1.48. The third-order valence-electron chi connectivity index (χ3n) is 4.96. The van der Waals surface area contributed by atoms with Crippen LogP contribution in [0.3, 0.4) is 0 Å². The Morgan fingerprint density at radius 1 is 1.19 bits per heavy atom. The van der Waals surface area contributed by atoms with Gasteiger partial charge in [0.2, 0.25) is 0 Å². The fourth-order valence-corrected chi connectivity index (χ4v) is 3.46. The monoisotopic (exact) mass is 361 g/mol. The normalized spacial score (nSPS) is 13.3. The molecule has 0 saturated heterocycles. The van der Waals surface area contributed by atoms with Crippen molar-refractivity contribution in [2.24, 2.45) is 0 Å². The van der Waals surface area contributed by atoms with Crippen molar-refractivity contribution in [2.45, 2.75) is 33.0 Å². The van der Waals surface area contributed by atoms with Crippen LogP contribution in [0.5, 0.6) is 0 Å². The molecule has 0 fully saturated rings. The van der Waals surface area contributed by atoms with Crippen LogP contribution in [0.15, 0.2) is 55.0 Å². The maximum atomic E-state index is 12.4. The van der Waals surface area contributed by atoms with Gasteiger partial charge in [-0.15, -0.1) is 0 Å². The Kier molecular flexibility index (Phi) is 4.87. The van der Waals surface area contributed by atoms with E-state index in [0.29, 0.717) is 12.1 Å². The number of nitrogens with one attached hydrogen (secondary N) is 1. The average molecular weight is 361 g/mol. The lowest BCUT2D eigenvalue weighted by atomic mass is 9.99. The molecular weight excluding hydrogens is 338 g/mol. The molecule has 1 N–H and O–H groups in total. The highest BCUT2D eigenvalue weighted by Crippen LogP contribution is 2.25. The number of aryl methyl sites for hydroxylation is 1. The Bertz CT molecular complexity index is 949. The van der Waals surface area contributed by atoms with E-state index < -0.39 is 0 Å². The first kappa shape index (κ1) is 17.3. The Labute approximate surface area is 158 Å². The molecule has 6 heteroatoms. The van der Waals surface area contributed by atoms with Gasteiger partial charge in [0.25, 0.3) is 5.91 Å². The number of carbonyl (C=O) groups is 1. The number of aromatic nitrogens is 3. The predicted octanol–water partition coefficient (Wildman–Crippen LogP) is 2.79. The Morgan fingerprint density at radius 3 is 2.85 bits per heavy atom. The number of amides is 1. The van der Waals surface area contributed by atoms with E-state index >= 15 is 0 Å². The molecule has 138 valence electrons. The number of carbonyl (C=O) groups excluding carboxylic acids is 1. The zero-order valence-corrected chi connectivity index (χ0v) is 15.4. The van der Waals surface area contributed by atoms with Crippen LogP contribution in [0.25, 0.3) is 0 Å². The summed E-state index contributed by atoms with van der Waals surface area (Å²) in [6.45, 7) is 4.96. The number of anilines is 1. The van der Waals surface area contributed by atoms with E-state index in [1.807, 2.05) is 25.3 Å². The second-order valence-corrected chi connectivity index (χ2v) is 6.69. The van der Waals surface area contributed by atoms with Gasteiger partial charge in [-0.25, -0.2) is 4.98 Å². The van der Waals surface area contributed by atoms with Crippen LogP contribution in [0.1, 0.15) is 34.0 Å². The molecule has 1 aliphatic rings. The molecular formula is C21H23N5O. The SMILES string of the molecule is CCn1cc(C(=O)NCc2cccnc2N2CCc3ccccc3C2)cn1. The van der Waals surface area contributed by atoms with Gasteiger partial charge in [-0.05, 0) is 30.5 Å². The fraction of sp³-hybridized carbons (Fsp3) is 0.286. The predicted molar refractivity (Wildman–Crippen MR) is 105 cm³/mol. The van der Waals surface area contributed by atoms with E-state index in [0.717, 1.165) is 37.4 Å². The molecule has 1 aromatic carbocycles. The van der Waals surface area contributed by atoms with Crippen LogP contribution in [0.2, 0.25) is 0 Å². The molecule has 0 atom stereocenters. The summed E-state index contributed by atoms with van der Waals surface area (Å²) in [6, 6.07) is 12.5. The molecule has 6 nitrogen and oxygen atoms in total. The lowest BCUT2D eigenvalue weighted by Crippen LogP contribution is -2.32. The maximum absolute atomic E-state index is 12.4. The molecule has 0 aliphatic carbocycles. The molecule has 0 saturated carbocycles. The number of hydrogen-bond donors (Lipinski definition) is 1. The summed E-state index contributed by atoms with van der Waals surface area (Å²) in [5, 5.41) is 7.15. The minimum absolute atomic E-state index is 0.117. The van der Waals surface area contributed by atoms with Crippen molar-refractivity contribution in [3.63, 3.8) is 0 Å². The van der Waals surface area contributed by atoms with Gasteiger partial charge in [0.05, 0.1) is 11.8 Å². The van der Waals surface area contributed by atoms with Crippen molar-refractivity contribution >= 4 is 11.7 Å². The van der Waals surface area contributed by atoms with Crippen molar-refractivity contribution in [1.82, 2.24) is 20.1 Å². The first-order valence-electron chi connectivity index (χ1n) is 9.31. The van der Waals surface area contributed by atoms with Gasteiger partial charge in [-0.3, -0.25) is 9.48 Å². The minimum atomic E-state index is -0.117. The summed E-state index contributed by atoms with van der Waals surface area (Å²) >= 11 is 0. The second kappa shape index (κ2) is 7.61. The van der Waals surface area contributed by atoms with Crippen LogP contribution < -0.4 is 10.2 Å². The summed E-state index contributed by atoms with van der Waals surface area (Å²) in [5.41, 5.74) is 4.35. The zero-order chi connectivity index (χ0) is 18.6. The third-order valence-corrected chi connectivity index (χ3v) is 4.96. The van der Waals surface area contributed by atoms with Gasteiger partial charge in [-0.1, -0.05) is 30.3 Å². The van der Waals surface area contributed by atoms with Crippen molar-refractivity contribution < 1.29 is 4.79 Å². The molecule has 27 heavy (non-hydrogen) atoms. The lowest BCUT2D eigenvalue weighted by molar-refractivity contribution is 0.0951. The maximum Gasteiger partial charge on any atom is 0.254 e. The van der Waals surface area contributed by atoms with Crippen LogP contribution in [-0.4, -0.2) is 27.2 Å². The molecule has 1 aliphatic heterocycles. The van der Waals surface area contributed by atoms with E-state index in [2.05, 4.69) is 44.6 Å². The molecule has 4 rings (SSSR count). The zero-order valence-electron chi connectivity index (χ0n) is 15.4. The van der Waals surface area contributed by atoms with Gasteiger partial charge in [0.15, 0.2) is 0 Å². The first-order chi connectivity index (χ1) is 13.2. The van der Waals surface area contributed by atoms with Crippen molar-refractivity contribution in [3.8, 4) is 0 Å². The highest BCUT2D eigenvalue weighted by Gasteiger charge is 2.19. The van der Waals surface area contributed by atoms with Gasteiger partial charge >= 0.3 is 0 Å². The number of hydrogen-bond acceptors (Lipinski definition) is 4. The lowest BCUT2D eigenvalue weighted by Gasteiger charge is -2.31. The molecule has 2 aromatic heterocycles. The quantitative estimate of drug-likeness (QED) is 0.759. The third kappa shape index (κ3) is 3.69. The number of benzene rings is 1. The number of pyridine rings is 1. The molecule has 0 bridgehead atoms. The van der Waals surface area contributed by atoms with E-state index in [-0.39, 0.29) is 5.91 Å². The summed E-state index contributed by atoms with van der Waals surface area (Å²) in [4.78, 5) is 19.3. The van der Waals surface area contributed by atoms with Gasteiger partial charge in [0, 0.05) is 44.1 Å². The highest BCUT2D eigenvalue weighted by molar-refractivity contribution is 5.93. The summed E-state index contributed by atoms with van der Waals surface area (Å²) in [7, 11) is 0. The van der Waals surface area contributed by atoms with Crippen LogP contribution in [-0.2, 0) is 26.1 Å². The van der Waals surface area contributed by atoms with E-state index in [1.165, 1.54) is 11.1 Å². The molecule has 0 radical (unpaired) electrons. The minimum Gasteiger partial charge on any atom is -0.352 e. The summed E-state index contributed by atoms with van der Waals surface area (Å²) in [5.74, 6) is 0.824. The standard InChI is InChI=1S/C21H23N5O/c1-2-26-15-19(13-24-26)21(27)23-12-17-8-5-10-22-20(17)25-11-9-16-6-3-4-7-18(16)14-25/h3-8,10,13,15H,2,9,11-12,14H2,1H3,(H,23,27). The Hall–Kier alpha value is -3.15. The van der Waals surface area contributed by atoms with Gasteiger partial charge in [-0.2, -0.15) is 5.10 Å². The highest BCUT2D eigenvalue weighted by atomic mass is 16.1. The molecule has 3 aromatic rings. The smallest absolute Gasteiger partial charge is 0.254 e. The van der Waals surface area contributed by atoms with Crippen molar-refractivity contribution in [3.05, 3.63) is 77.2 Å². The van der Waals surface area contributed by atoms with Crippen molar-refractivity contribution in [2.75, 3.05) is 11.4 Å². The largest absolute Gasteiger partial charge is 0.352 e. The van der Waals surface area contributed by atoms with E-state index in [9.17, 15) is 4.79 Å². The summed E-state index contributed by atoms with van der Waals surface area (Å²) in [6.07, 6.45) is 6.19. The molecule has 3 heterocycles. The second-order valence-electron chi connectivity index (χ2n) is 6.69. The summed E-state index contributed by atoms with van der Waals surface area (Å²) < 4.78 is 1.75. The van der Waals surface area contributed by atoms with Crippen LogP contribution in [0, 0.1) is 0 Å². The van der Waals surface area contributed by atoms with Gasteiger partial charge < -0.3 is 10.2 Å². The number of fused-ring (bicyclic) bond motifs is 1. The van der Waals surface area contributed by atoms with Crippen LogP contribution in [0.4, 0.5) is 5.82 Å².